The molecule has 17 heavy (non-hydrogen) atoms. The highest BCUT2D eigenvalue weighted by Crippen LogP contribution is 2.31. The maximum Gasteiger partial charge on any atom is 0.186 e. The fourth-order valence-corrected chi connectivity index (χ4v) is 3.49. The number of nitrogens with zero attached hydrogens (tertiary/aromatic N) is 2. The van der Waals surface area contributed by atoms with Gasteiger partial charge in [0.25, 0.3) is 0 Å². The van der Waals surface area contributed by atoms with E-state index in [1.165, 1.54) is 19.3 Å². The van der Waals surface area contributed by atoms with E-state index in [0.717, 1.165) is 34.7 Å². The van der Waals surface area contributed by atoms with Crippen LogP contribution in [0.5, 0.6) is 0 Å². The molecule has 0 aliphatic carbocycles. The Hall–Kier alpha value is -0.900. The van der Waals surface area contributed by atoms with Crippen molar-refractivity contribution < 1.29 is 4.79 Å². The molecule has 1 aliphatic rings. The first-order valence-corrected chi connectivity index (χ1v) is 7.16. The Morgan fingerprint density at radius 1 is 1.59 bits per heavy atom. The molecule has 1 unspecified atom stereocenters. The molecule has 2 rings (SSSR count). The standard InChI is InChI=1S/C13H20N2OS/c1-4-5-11-6-7-15(8-11)13-14-9(2)12(17-13)10(3)16/h11H,4-8H2,1-3H3. The number of carbonyl (C=O) groups is 1. The second kappa shape index (κ2) is 5.17. The number of aromatic nitrogens is 1. The molecule has 0 bridgehead atoms. The van der Waals surface area contributed by atoms with Crippen LogP contribution in [0.25, 0.3) is 0 Å². The molecule has 0 amide bonds. The number of anilines is 1. The van der Waals surface area contributed by atoms with Crippen LogP contribution in [0.3, 0.4) is 0 Å². The van der Waals surface area contributed by atoms with E-state index in [0.29, 0.717) is 0 Å². The summed E-state index contributed by atoms with van der Waals surface area (Å²) in [6, 6.07) is 0. The Bertz CT molecular complexity index is 414. The average molecular weight is 252 g/mol. The molecule has 0 radical (unpaired) electrons. The third-order valence-corrected chi connectivity index (χ3v) is 4.68. The van der Waals surface area contributed by atoms with E-state index < -0.39 is 0 Å². The number of aryl methyl sites for hydroxylation is 1. The van der Waals surface area contributed by atoms with Gasteiger partial charge in [0.05, 0.1) is 10.6 Å². The number of carbonyl (C=O) groups excluding carboxylic acids is 1. The van der Waals surface area contributed by atoms with Crippen molar-refractivity contribution in [3.8, 4) is 0 Å². The molecule has 2 heterocycles. The van der Waals surface area contributed by atoms with Gasteiger partial charge in [0.15, 0.2) is 10.9 Å². The van der Waals surface area contributed by atoms with E-state index >= 15 is 0 Å². The van der Waals surface area contributed by atoms with Crippen molar-refractivity contribution >= 4 is 22.3 Å². The fourth-order valence-electron chi connectivity index (χ4n) is 2.49. The van der Waals surface area contributed by atoms with E-state index in [1.807, 2.05) is 6.92 Å². The average Bonchev–Trinajstić information content (AvgIpc) is 2.85. The summed E-state index contributed by atoms with van der Waals surface area (Å²) in [5, 5.41) is 1.03. The van der Waals surface area contributed by atoms with Gasteiger partial charge in [-0.2, -0.15) is 0 Å². The summed E-state index contributed by atoms with van der Waals surface area (Å²) in [4.78, 5) is 19.1. The molecule has 1 saturated heterocycles. The second-order valence-electron chi connectivity index (χ2n) is 4.86. The van der Waals surface area contributed by atoms with Crippen LogP contribution in [-0.2, 0) is 0 Å². The van der Waals surface area contributed by atoms with Crippen LogP contribution in [0, 0.1) is 12.8 Å². The van der Waals surface area contributed by atoms with Gasteiger partial charge in [-0.15, -0.1) is 0 Å². The lowest BCUT2D eigenvalue weighted by atomic mass is 10.0. The molecule has 4 heteroatoms. The highest BCUT2D eigenvalue weighted by molar-refractivity contribution is 7.17. The maximum atomic E-state index is 11.4. The first-order chi connectivity index (χ1) is 8.11. The zero-order chi connectivity index (χ0) is 12.4. The molecule has 0 aromatic carbocycles. The van der Waals surface area contributed by atoms with E-state index in [4.69, 9.17) is 0 Å². The predicted molar refractivity (Wildman–Crippen MR) is 72.1 cm³/mol. The SMILES string of the molecule is CCCC1CCN(c2nc(C)c(C(C)=O)s2)C1. The third-order valence-electron chi connectivity index (χ3n) is 3.36. The van der Waals surface area contributed by atoms with Crippen molar-refractivity contribution in [1.82, 2.24) is 4.98 Å². The lowest BCUT2D eigenvalue weighted by Crippen LogP contribution is -2.19. The number of ketones is 1. The molecular formula is C13H20N2OS. The zero-order valence-electron chi connectivity index (χ0n) is 10.8. The van der Waals surface area contributed by atoms with Crippen molar-refractivity contribution in [2.24, 2.45) is 5.92 Å². The molecule has 1 aromatic heterocycles. The molecule has 3 nitrogen and oxygen atoms in total. The van der Waals surface area contributed by atoms with Crippen molar-refractivity contribution in [3.63, 3.8) is 0 Å². The first-order valence-electron chi connectivity index (χ1n) is 6.35. The minimum absolute atomic E-state index is 0.135. The number of thiazole rings is 1. The lowest BCUT2D eigenvalue weighted by Gasteiger charge is -2.14. The predicted octanol–water partition coefficient (Wildman–Crippen LogP) is 3.28. The number of Topliss-reactive ketones (excluding diaryl/α,β-unsaturated/α-hetero) is 1. The molecule has 0 N–H and O–H groups in total. The van der Waals surface area contributed by atoms with Crippen LogP contribution in [0.2, 0.25) is 0 Å². The highest BCUT2D eigenvalue weighted by Gasteiger charge is 2.25. The summed E-state index contributed by atoms with van der Waals surface area (Å²) in [6.07, 6.45) is 3.83. The fraction of sp³-hybridized carbons (Fsp3) is 0.692. The zero-order valence-corrected chi connectivity index (χ0v) is 11.6. The van der Waals surface area contributed by atoms with Gasteiger partial charge in [0.2, 0.25) is 0 Å². The molecular weight excluding hydrogens is 232 g/mol. The molecule has 1 aliphatic heterocycles. The number of hydrogen-bond acceptors (Lipinski definition) is 4. The first kappa shape index (κ1) is 12.6. The molecule has 1 aromatic rings. The van der Waals surface area contributed by atoms with Gasteiger partial charge < -0.3 is 4.90 Å². The smallest absolute Gasteiger partial charge is 0.186 e. The van der Waals surface area contributed by atoms with E-state index in [9.17, 15) is 4.79 Å². The molecule has 94 valence electrons. The lowest BCUT2D eigenvalue weighted by molar-refractivity contribution is 0.102. The van der Waals surface area contributed by atoms with Gasteiger partial charge in [-0.05, 0) is 25.7 Å². The van der Waals surface area contributed by atoms with E-state index in [1.54, 1.807) is 18.3 Å². The summed E-state index contributed by atoms with van der Waals surface area (Å²) in [6.45, 7) is 7.99. The van der Waals surface area contributed by atoms with Gasteiger partial charge in [0.1, 0.15) is 0 Å². The highest BCUT2D eigenvalue weighted by atomic mass is 32.1. The van der Waals surface area contributed by atoms with E-state index in [2.05, 4.69) is 16.8 Å². The quantitative estimate of drug-likeness (QED) is 0.771. The Balaban J connectivity index is 2.09. The van der Waals surface area contributed by atoms with Crippen molar-refractivity contribution in [1.29, 1.82) is 0 Å². The maximum absolute atomic E-state index is 11.4. The van der Waals surface area contributed by atoms with Gasteiger partial charge in [-0.25, -0.2) is 4.98 Å². The third kappa shape index (κ3) is 2.68. The molecule has 1 atom stereocenters. The Morgan fingerprint density at radius 2 is 2.35 bits per heavy atom. The van der Waals surface area contributed by atoms with Crippen LogP contribution in [0.1, 0.15) is 48.5 Å². The minimum atomic E-state index is 0.135. The van der Waals surface area contributed by atoms with Crippen LogP contribution < -0.4 is 4.90 Å². The monoisotopic (exact) mass is 252 g/mol. The Labute approximate surface area is 107 Å². The Kier molecular flexibility index (Phi) is 3.82. The van der Waals surface area contributed by atoms with Gasteiger partial charge in [-0.3, -0.25) is 4.79 Å². The number of hydrogen-bond donors (Lipinski definition) is 0. The summed E-state index contributed by atoms with van der Waals surface area (Å²) >= 11 is 1.55. The summed E-state index contributed by atoms with van der Waals surface area (Å²) < 4.78 is 0. The number of rotatable bonds is 4. The van der Waals surface area contributed by atoms with Crippen LogP contribution in [-0.4, -0.2) is 23.9 Å². The van der Waals surface area contributed by atoms with Gasteiger partial charge in [-0.1, -0.05) is 24.7 Å². The summed E-state index contributed by atoms with van der Waals surface area (Å²) in [7, 11) is 0. The summed E-state index contributed by atoms with van der Waals surface area (Å²) in [5.41, 5.74) is 0.886. The van der Waals surface area contributed by atoms with Crippen LogP contribution in [0.4, 0.5) is 5.13 Å². The largest absolute Gasteiger partial charge is 0.348 e. The van der Waals surface area contributed by atoms with Crippen LogP contribution >= 0.6 is 11.3 Å². The summed E-state index contributed by atoms with van der Waals surface area (Å²) in [5.74, 6) is 0.945. The Morgan fingerprint density at radius 3 is 2.94 bits per heavy atom. The van der Waals surface area contributed by atoms with Crippen molar-refractivity contribution in [3.05, 3.63) is 10.6 Å². The minimum Gasteiger partial charge on any atom is -0.348 e. The molecule has 0 spiro atoms. The second-order valence-corrected chi connectivity index (χ2v) is 5.83. The van der Waals surface area contributed by atoms with Crippen LogP contribution in [0.15, 0.2) is 0 Å². The molecule has 0 saturated carbocycles. The molecule has 1 fully saturated rings. The van der Waals surface area contributed by atoms with Gasteiger partial charge in [0, 0.05) is 20.0 Å². The van der Waals surface area contributed by atoms with Crippen molar-refractivity contribution in [2.75, 3.05) is 18.0 Å². The normalized spacial score (nSPS) is 19.9. The van der Waals surface area contributed by atoms with Crippen molar-refractivity contribution in [2.45, 2.75) is 40.0 Å². The topological polar surface area (TPSA) is 33.2 Å². The van der Waals surface area contributed by atoms with E-state index in [-0.39, 0.29) is 5.78 Å². The van der Waals surface area contributed by atoms with Gasteiger partial charge >= 0.3 is 0 Å².